The van der Waals surface area contributed by atoms with Crippen molar-refractivity contribution in [3.05, 3.63) is 223 Å². The summed E-state index contributed by atoms with van der Waals surface area (Å²) in [4.78, 5) is 2.42. The second kappa shape index (κ2) is 14.4. The van der Waals surface area contributed by atoms with Gasteiger partial charge in [-0.3, -0.25) is 0 Å². The standard InChI is InChI=1S/C58H43NS/c1-38-19-21-40(22-20-38)43-13-9-14-44(35-43)41-23-28-46(29-24-41)59(47-30-25-42(26-31-47)49-16-10-17-53-52-15-7-8-18-56(52)60-57(49)53)48-32-34-51-50-33-27-45(39-11-5-4-6-12-39)36-54(50)58(2,3)55(51)37-48/h4-37H,1-3H3. The highest BCUT2D eigenvalue weighted by atomic mass is 32.1. The van der Waals surface area contributed by atoms with Crippen LogP contribution in [0, 0.1) is 6.92 Å². The Bertz CT molecular complexity index is 3210. The highest BCUT2D eigenvalue weighted by Crippen LogP contribution is 2.52. The predicted molar refractivity (Wildman–Crippen MR) is 258 cm³/mol. The average molecular weight is 786 g/mol. The summed E-state index contributed by atoms with van der Waals surface area (Å²) in [6.07, 6.45) is 0. The SMILES string of the molecule is Cc1ccc(-c2cccc(-c3ccc(N(c4ccc(-c5cccc6c5sc5ccccc56)cc4)c4ccc5c(c4)C(C)(C)c4cc(-c6ccccc6)ccc4-5)cc3)c2)cc1. The molecule has 0 radical (unpaired) electrons. The van der Waals surface area contributed by atoms with Crippen LogP contribution in [0.5, 0.6) is 0 Å². The number of benzene rings is 9. The van der Waals surface area contributed by atoms with Gasteiger partial charge in [-0.25, -0.2) is 0 Å². The van der Waals surface area contributed by atoms with E-state index in [9.17, 15) is 0 Å². The second-order valence-corrected chi connectivity index (χ2v) is 17.7. The lowest BCUT2D eigenvalue weighted by Crippen LogP contribution is -2.16. The maximum absolute atomic E-state index is 2.43. The van der Waals surface area contributed by atoms with Crippen molar-refractivity contribution in [2.24, 2.45) is 0 Å². The molecule has 1 heterocycles. The number of hydrogen-bond donors (Lipinski definition) is 0. The number of rotatable bonds is 7. The Morgan fingerprint density at radius 1 is 0.367 bits per heavy atom. The van der Waals surface area contributed by atoms with Crippen molar-refractivity contribution in [2.75, 3.05) is 4.90 Å². The van der Waals surface area contributed by atoms with Crippen LogP contribution in [0.1, 0.15) is 30.5 Å². The lowest BCUT2D eigenvalue weighted by Gasteiger charge is -2.28. The number of thiophene rings is 1. The van der Waals surface area contributed by atoms with Crippen LogP contribution in [0.15, 0.2) is 206 Å². The van der Waals surface area contributed by atoms with E-state index in [1.165, 1.54) is 92.5 Å². The summed E-state index contributed by atoms with van der Waals surface area (Å²) < 4.78 is 2.66. The molecule has 9 aromatic carbocycles. The zero-order valence-electron chi connectivity index (χ0n) is 34.0. The molecular formula is C58H43NS. The summed E-state index contributed by atoms with van der Waals surface area (Å²) in [5.41, 5.74) is 19.7. The van der Waals surface area contributed by atoms with E-state index in [0.717, 1.165) is 17.1 Å². The molecule has 1 aliphatic carbocycles. The number of nitrogens with zero attached hydrogens (tertiary/aromatic N) is 1. The van der Waals surface area contributed by atoms with E-state index >= 15 is 0 Å². The van der Waals surface area contributed by atoms with Crippen molar-refractivity contribution in [3.63, 3.8) is 0 Å². The van der Waals surface area contributed by atoms with Gasteiger partial charge in [-0.15, -0.1) is 11.3 Å². The normalized spacial score (nSPS) is 12.7. The highest BCUT2D eigenvalue weighted by molar-refractivity contribution is 7.26. The molecule has 2 heteroatoms. The Kier molecular flexibility index (Phi) is 8.65. The Balaban J connectivity index is 0.998. The van der Waals surface area contributed by atoms with E-state index < -0.39 is 0 Å². The Morgan fingerprint density at radius 3 is 1.58 bits per heavy atom. The van der Waals surface area contributed by atoms with E-state index in [-0.39, 0.29) is 5.41 Å². The molecule has 11 rings (SSSR count). The third-order valence-electron chi connectivity index (χ3n) is 12.6. The molecule has 0 N–H and O–H groups in total. The Labute approximate surface area is 356 Å². The molecule has 1 nitrogen and oxygen atoms in total. The molecule has 0 bridgehead atoms. The summed E-state index contributed by atoms with van der Waals surface area (Å²) in [6, 6.07) is 76.2. The first-order valence-corrected chi connectivity index (χ1v) is 21.6. The molecule has 0 amide bonds. The molecule has 0 fully saturated rings. The van der Waals surface area contributed by atoms with Gasteiger partial charge in [-0.2, -0.15) is 0 Å². The van der Waals surface area contributed by atoms with Gasteiger partial charge in [0.25, 0.3) is 0 Å². The van der Waals surface area contributed by atoms with Crippen molar-refractivity contribution in [1.82, 2.24) is 0 Å². The highest BCUT2D eigenvalue weighted by Gasteiger charge is 2.36. The smallest absolute Gasteiger partial charge is 0.0465 e. The summed E-state index contributed by atoms with van der Waals surface area (Å²) in [5.74, 6) is 0. The number of aryl methyl sites for hydroxylation is 1. The first-order chi connectivity index (χ1) is 29.4. The van der Waals surface area contributed by atoms with Gasteiger partial charge in [-0.1, -0.05) is 171 Å². The Morgan fingerprint density at radius 2 is 0.867 bits per heavy atom. The van der Waals surface area contributed by atoms with Crippen molar-refractivity contribution in [2.45, 2.75) is 26.2 Å². The Hall–Kier alpha value is -7.00. The van der Waals surface area contributed by atoms with Crippen LogP contribution in [-0.4, -0.2) is 0 Å². The molecule has 286 valence electrons. The van der Waals surface area contributed by atoms with Gasteiger partial charge in [-0.05, 0) is 128 Å². The fourth-order valence-corrected chi connectivity index (χ4v) is 10.6. The molecule has 10 aromatic rings. The molecule has 0 saturated heterocycles. The number of fused-ring (bicyclic) bond motifs is 6. The molecule has 1 aromatic heterocycles. The zero-order valence-corrected chi connectivity index (χ0v) is 34.8. The van der Waals surface area contributed by atoms with Crippen LogP contribution in [0.25, 0.3) is 75.8 Å². The molecule has 0 saturated carbocycles. The van der Waals surface area contributed by atoms with Gasteiger partial charge < -0.3 is 4.90 Å². The maximum atomic E-state index is 2.43. The summed E-state index contributed by atoms with van der Waals surface area (Å²) in [5, 5.41) is 2.64. The fourth-order valence-electron chi connectivity index (χ4n) is 9.31. The largest absolute Gasteiger partial charge is 0.310 e. The number of hydrogen-bond acceptors (Lipinski definition) is 2. The topological polar surface area (TPSA) is 3.24 Å². The average Bonchev–Trinajstić information content (AvgIpc) is 3.79. The minimum atomic E-state index is -0.170. The summed E-state index contributed by atoms with van der Waals surface area (Å²) in [7, 11) is 0. The lowest BCUT2D eigenvalue weighted by atomic mass is 9.81. The third kappa shape index (κ3) is 6.15. The van der Waals surface area contributed by atoms with E-state index in [2.05, 4.69) is 232 Å². The molecule has 0 unspecified atom stereocenters. The molecule has 60 heavy (non-hydrogen) atoms. The molecule has 0 spiro atoms. The molecule has 0 atom stereocenters. The first kappa shape index (κ1) is 36.1. The van der Waals surface area contributed by atoms with E-state index in [1.54, 1.807) is 0 Å². The van der Waals surface area contributed by atoms with Crippen LogP contribution < -0.4 is 4.90 Å². The molecule has 1 aliphatic rings. The van der Waals surface area contributed by atoms with Crippen molar-refractivity contribution < 1.29 is 0 Å². The first-order valence-electron chi connectivity index (χ1n) is 20.8. The van der Waals surface area contributed by atoms with Crippen LogP contribution in [0.3, 0.4) is 0 Å². The van der Waals surface area contributed by atoms with Gasteiger partial charge in [0.15, 0.2) is 0 Å². The van der Waals surface area contributed by atoms with E-state index in [4.69, 9.17) is 0 Å². The monoisotopic (exact) mass is 785 g/mol. The molecule has 0 aliphatic heterocycles. The minimum absolute atomic E-state index is 0.170. The van der Waals surface area contributed by atoms with Crippen molar-refractivity contribution in [1.29, 1.82) is 0 Å². The lowest BCUT2D eigenvalue weighted by molar-refractivity contribution is 0.660. The van der Waals surface area contributed by atoms with E-state index in [1.807, 2.05) is 11.3 Å². The van der Waals surface area contributed by atoms with Crippen LogP contribution in [0.4, 0.5) is 17.1 Å². The van der Waals surface area contributed by atoms with E-state index in [0.29, 0.717) is 0 Å². The van der Waals surface area contributed by atoms with Gasteiger partial charge >= 0.3 is 0 Å². The van der Waals surface area contributed by atoms with Gasteiger partial charge in [0.2, 0.25) is 0 Å². The van der Waals surface area contributed by atoms with Crippen LogP contribution in [0.2, 0.25) is 0 Å². The van der Waals surface area contributed by atoms with Gasteiger partial charge in [0, 0.05) is 42.6 Å². The zero-order chi connectivity index (χ0) is 40.4. The summed E-state index contributed by atoms with van der Waals surface area (Å²) >= 11 is 1.88. The summed E-state index contributed by atoms with van der Waals surface area (Å²) in [6.45, 7) is 6.89. The number of anilines is 3. The second-order valence-electron chi connectivity index (χ2n) is 16.6. The maximum Gasteiger partial charge on any atom is 0.0465 e. The molecular weight excluding hydrogens is 743 g/mol. The van der Waals surface area contributed by atoms with Gasteiger partial charge in [0.05, 0.1) is 0 Å². The van der Waals surface area contributed by atoms with Crippen molar-refractivity contribution >= 4 is 48.6 Å². The quantitative estimate of drug-likeness (QED) is 0.156. The van der Waals surface area contributed by atoms with Crippen LogP contribution in [-0.2, 0) is 5.41 Å². The third-order valence-corrected chi connectivity index (χ3v) is 13.8. The fraction of sp³-hybridized carbons (Fsp3) is 0.0690. The predicted octanol–water partition coefficient (Wildman–Crippen LogP) is 16.8. The minimum Gasteiger partial charge on any atom is -0.310 e. The van der Waals surface area contributed by atoms with Gasteiger partial charge in [0.1, 0.15) is 0 Å². The van der Waals surface area contributed by atoms with Crippen molar-refractivity contribution in [3.8, 4) is 55.6 Å². The van der Waals surface area contributed by atoms with Crippen LogP contribution >= 0.6 is 11.3 Å².